The summed E-state index contributed by atoms with van der Waals surface area (Å²) in [6.45, 7) is 12.5. The van der Waals surface area contributed by atoms with Crippen LogP contribution in [-0.4, -0.2) is 30.6 Å². The number of nitrogens with zero attached hydrogens (tertiary/aromatic N) is 1. The van der Waals surface area contributed by atoms with E-state index in [9.17, 15) is 0 Å². The second-order valence-corrected chi connectivity index (χ2v) is 6.64. The van der Waals surface area contributed by atoms with Gasteiger partial charge in [0.25, 0.3) is 0 Å². The molecule has 0 radical (unpaired) electrons. The smallest absolute Gasteiger partial charge is 0.0107 e. The number of rotatable bonds is 4. The van der Waals surface area contributed by atoms with Gasteiger partial charge in [-0.05, 0) is 43.6 Å². The van der Waals surface area contributed by atoms with E-state index in [2.05, 4.69) is 32.6 Å². The zero-order valence-corrected chi connectivity index (χ0v) is 12.3. The first-order valence-corrected chi connectivity index (χ1v) is 7.43. The third-order valence-electron chi connectivity index (χ3n) is 4.50. The molecule has 1 fully saturated rings. The van der Waals surface area contributed by atoms with Gasteiger partial charge in [0.2, 0.25) is 0 Å². The Morgan fingerprint density at radius 2 is 1.82 bits per heavy atom. The van der Waals surface area contributed by atoms with E-state index >= 15 is 0 Å². The first-order valence-electron chi connectivity index (χ1n) is 7.43. The molecule has 0 aromatic rings. The largest absolute Gasteiger partial charge is 0.329 e. The van der Waals surface area contributed by atoms with Gasteiger partial charge in [0, 0.05) is 19.1 Å². The van der Waals surface area contributed by atoms with Gasteiger partial charge in [0.1, 0.15) is 0 Å². The molecule has 2 heteroatoms. The highest BCUT2D eigenvalue weighted by Gasteiger charge is 2.29. The first-order chi connectivity index (χ1) is 7.99. The monoisotopic (exact) mass is 240 g/mol. The lowest BCUT2D eigenvalue weighted by molar-refractivity contribution is 0.179. The van der Waals surface area contributed by atoms with Crippen molar-refractivity contribution in [2.75, 3.05) is 19.6 Å². The van der Waals surface area contributed by atoms with Crippen LogP contribution in [0.15, 0.2) is 0 Å². The molecule has 1 saturated carbocycles. The molecule has 17 heavy (non-hydrogen) atoms. The Morgan fingerprint density at radius 1 is 1.12 bits per heavy atom. The van der Waals surface area contributed by atoms with Gasteiger partial charge in [0.15, 0.2) is 0 Å². The number of hydrogen-bond donors (Lipinski definition) is 1. The summed E-state index contributed by atoms with van der Waals surface area (Å²) in [5.74, 6) is 0.907. The van der Waals surface area contributed by atoms with Gasteiger partial charge in [-0.15, -0.1) is 0 Å². The SMILES string of the molecule is CCN(CCN)C1CCCC(C(C)(C)C)CC1. The molecule has 0 bridgehead atoms. The fourth-order valence-electron chi connectivity index (χ4n) is 3.28. The fourth-order valence-corrected chi connectivity index (χ4v) is 3.28. The van der Waals surface area contributed by atoms with Crippen molar-refractivity contribution < 1.29 is 0 Å². The quantitative estimate of drug-likeness (QED) is 0.764. The molecule has 0 amide bonds. The summed E-state index contributed by atoms with van der Waals surface area (Å²) in [7, 11) is 0. The van der Waals surface area contributed by atoms with Crippen molar-refractivity contribution in [1.29, 1.82) is 0 Å². The predicted octanol–water partition coefficient (Wildman–Crippen LogP) is 3.26. The van der Waals surface area contributed by atoms with E-state index in [0.717, 1.165) is 31.6 Å². The maximum Gasteiger partial charge on any atom is 0.0107 e. The molecule has 1 rings (SSSR count). The molecular weight excluding hydrogens is 208 g/mol. The zero-order valence-electron chi connectivity index (χ0n) is 12.3. The Hall–Kier alpha value is -0.0800. The van der Waals surface area contributed by atoms with E-state index in [1.165, 1.54) is 32.1 Å². The Bertz CT molecular complexity index is 207. The lowest BCUT2D eigenvalue weighted by Crippen LogP contribution is -2.38. The average Bonchev–Trinajstić information content (AvgIpc) is 2.50. The van der Waals surface area contributed by atoms with Gasteiger partial charge >= 0.3 is 0 Å². The maximum atomic E-state index is 5.71. The third-order valence-corrected chi connectivity index (χ3v) is 4.50. The van der Waals surface area contributed by atoms with Gasteiger partial charge in [-0.25, -0.2) is 0 Å². The molecule has 2 nitrogen and oxygen atoms in total. The average molecular weight is 240 g/mol. The summed E-state index contributed by atoms with van der Waals surface area (Å²) in [6.07, 6.45) is 6.96. The van der Waals surface area contributed by atoms with Gasteiger partial charge < -0.3 is 5.73 Å². The molecule has 0 heterocycles. The summed E-state index contributed by atoms with van der Waals surface area (Å²) in [4.78, 5) is 2.59. The van der Waals surface area contributed by atoms with Crippen molar-refractivity contribution in [1.82, 2.24) is 4.90 Å². The molecule has 0 aromatic carbocycles. The van der Waals surface area contributed by atoms with E-state index in [4.69, 9.17) is 5.73 Å². The van der Waals surface area contributed by atoms with Gasteiger partial charge in [-0.1, -0.05) is 34.1 Å². The fraction of sp³-hybridized carbons (Fsp3) is 1.00. The van der Waals surface area contributed by atoms with E-state index in [1.54, 1.807) is 0 Å². The minimum absolute atomic E-state index is 0.486. The van der Waals surface area contributed by atoms with Crippen LogP contribution in [0.25, 0.3) is 0 Å². The van der Waals surface area contributed by atoms with Gasteiger partial charge in [-0.3, -0.25) is 4.90 Å². The van der Waals surface area contributed by atoms with Crippen LogP contribution in [0.2, 0.25) is 0 Å². The van der Waals surface area contributed by atoms with Crippen LogP contribution in [0.5, 0.6) is 0 Å². The maximum absolute atomic E-state index is 5.71. The summed E-state index contributed by atoms with van der Waals surface area (Å²) >= 11 is 0. The molecule has 0 spiro atoms. The molecular formula is C15H32N2. The van der Waals surface area contributed by atoms with Crippen LogP contribution < -0.4 is 5.73 Å². The van der Waals surface area contributed by atoms with Crippen LogP contribution in [0.4, 0.5) is 0 Å². The molecule has 2 atom stereocenters. The van der Waals surface area contributed by atoms with Gasteiger partial charge in [0.05, 0.1) is 0 Å². The predicted molar refractivity (Wildman–Crippen MR) is 76.1 cm³/mol. The number of hydrogen-bond acceptors (Lipinski definition) is 2. The molecule has 1 aliphatic rings. The molecule has 102 valence electrons. The summed E-state index contributed by atoms with van der Waals surface area (Å²) < 4.78 is 0. The van der Waals surface area contributed by atoms with Crippen LogP contribution in [0.1, 0.15) is 59.8 Å². The normalized spacial score (nSPS) is 27.2. The van der Waals surface area contributed by atoms with E-state index in [1.807, 2.05) is 0 Å². The van der Waals surface area contributed by atoms with Crippen LogP contribution in [-0.2, 0) is 0 Å². The lowest BCUT2D eigenvalue weighted by Gasteiger charge is -2.31. The zero-order chi connectivity index (χ0) is 12.9. The van der Waals surface area contributed by atoms with Crippen molar-refractivity contribution >= 4 is 0 Å². The molecule has 0 aromatic heterocycles. The van der Waals surface area contributed by atoms with Crippen LogP contribution in [0.3, 0.4) is 0 Å². The van der Waals surface area contributed by atoms with E-state index in [0.29, 0.717) is 5.41 Å². The highest BCUT2D eigenvalue weighted by atomic mass is 15.2. The molecule has 2 N–H and O–H groups in total. The minimum Gasteiger partial charge on any atom is -0.329 e. The molecule has 0 saturated heterocycles. The molecule has 0 aliphatic heterocycles. The van der Waals surface area contributed by atoms with Crippen molar-refractivity contribution in [2.45, 2.75) is 65.8 Å². The second kappa shape index (κ2) is 6.75. The lowest BCUT2D eigenvalue weighted by atomic mass is 9.76. The third kappa shape index (κ3) is 4.59. The van der Waals surface area contributed by atoms with Crippen molar-refractivity contribution in [3.8, 4) is 0 Å². The number of nitrogens with two attached hydrogens (primary N) is 1. The second-order valence-electron chi connectivity index (χ2n) is 6.64. The van der Waals surface area contributed by atoms with Crippen molar-refractivity contribution in [2.24, 2.45) is 17.1 Å². The first kappa shape index (κ1) is 15.0. The topological polar surface area (TPSA) is 29.3 Å². The van der Waals surface area contributed by atoms with Crippen LogP contribution >= 0.6 is 0 Å². The minimum atomic E-state index is 0.486. The number of likely N-dealkylation sites (N-methyl/N-ethyl adjacent to an activating group) is 1. The molecule has 2 unspecified atom stereocenters. The summed E-state index contributed by atoms with van der Waals surface area (Å²) in [6, 6.07) is 0.788. The summed E-state index contributed by atoms with van der Waals surface area (Å²) in [5, 5.41) is 0. The molecule has 1 aliphatic carbocycles. The van der Waals surface area contributed by atoms with E-state index in [-0.39, 0.29) is 0 Å². The highest BCUT2D eigenvalue weighted by molar-refractivity contribution is 4.82. The Balaban J connectivity index is 2.52. The summed E-state index contributed by atoms with van der Waals surface area (Å²) in [5.41, 5.74) is 6.19. The van der Waals surface area contributed by atoms with Crippen molar-refractivity contribution in [3.63, 3.8) is 0 Å². The van der Waals surface area contributed by atoms with Crippen molar-refractivity contribution in [3.05, 3.63) is 0 Å². The van der Waals surface area contributed by atoms with Gasteiger partial charge in [-0.2, -0.15) is 0 Å². The Labute approximate surface area is 108 Å². The Morgan fingerprint density at radius 3 is 2.35 bits per heavy atom. The highest BCUT2D eigenvalue weighted by Crippen LogP contribution is 2.37. The van der Waals surface area contributed by atoms with Crippen LogP contribution in [0, 0.1) is 11.3 Å². The standard InChI is InChI=1S/C15H32N2/c1-5-17(12-11-16)14-8-6-7-13(9-10-14)15(2,3)4/h13-14H,5-12,16H2,1-4H3. The van der Waals surface area contributed by atoms with E-state index < -0.39 is 0 Å². The Kier molecular flexibility index (Phi) is 5.94.